The first-order valence-corrected chi connectivity index (χ1v) is 14.5. The van der Waals surface area contributed by atoms with Gasteiger partial charge in [0.25, 0.3) is 10.0 Å². The zero-order valence-corrected chi connectivity index (χ0v) is 23.5. The Balaban J connectivity index is 1.96. The lowest BCUT2D eigenvalue weighted by Crippen LogP contribution is -2.30. The number of pyridine rings is 1. The Morgan fingerprint density at radius 3 is 2.23 bits per heavy atom. The van der Waals surface area contributed by atoms with Gasteiger partial charge in [0.2, 0.25) is 0 Å². The topological polar surface area (TPSA) is 89.9 Å². The molecule has 0 saturated carbocycles. The van der Waals surface area contributed by atoms with Crippen LogP contribution in [-0.2, 0) is 10.0 Å². The first kappa shape index (κ1) is 27.5. The fraction of sp³-hybridized carbons (Fsp3) is 0.182. The lowest BCUT2D eigenvalue weighted by Gasteiger charge is -2.36. The number of sulfonamides is 1. The molecule has 35 heavy (non-hydrogen) atoms. The van der Waals surface area contributed by atoms with E-state index in [2.05, 4.69) is 15.0 Å². The Hall–Kier alpha value is -2.04. The molecule has 0 aliphatic heterocycles. The van der Waals surface area contributed by atoms with Gasteiger partial charge in [-0.15, -0.1) is 0 Å². The molecule has 0 unspecified atom stereocenters. The van der Waals surface area contributed by atoms with Crippen LogP contribution in [0.2, 0.25) is 10.0 Å². The highest BCUT2D eigenvalue weighted by molar-refractivity contribution is 7.92. The van der Waals surface area contributed by atoms with Gasteiger partial charge in [-0.2, -0.15) is 0 Å². The van der Waals surface area contributed by atoms with Gasteiger partial charge in [-0.25, -0.2) is 13.2 Å². The Labute approximate surface area is 221 Å². The zero-order valence-electron chi connectivity index (χ0n) is 19.5. The third-order valence-corrected chi connectivity index (χ3v) is 11.0. The van der Waals surface area contributed by atoms with Crippen LogP contribution < -0.4 is 15.3 Å². The fourth-order valence-electron chi connectivity index (χ4n) is 3.42. The lowest BCUT2D eigenvalue weighted by molar-refractivity contribution is 0.572. The summed E-state index contributed by atoms with van der Waals surface area (Å²) in [7, 11) is 1.35. The molecule has 0 fully saturated rings. The second-order valence-corrected chi connectivity index (χ2v) is 14.1. The minimum atomic E-state index is -3.99. The van der Waals surface area contributed by atoms with Gasteiger partial charge in [-0.3, -0.25) is 19.0 Å². The van der Waals surface area contributed by atoms with Crippen molar-refractivity contribution in [3.63, 3.8) is 0 Å². The molecule has 1 heterocycles. The number of anilines is 2. The first-order valence-electron chi connectivity index (χ1n) is 10.2. The summed E-state index contributed by atoms with van der Waals surface area (Å²) in [5, 5.41) is 4.68. The summed E-state index contributed by atoms with van der Waals surface area (Å²) >= 11 is 17.8. The Kier molecular flexibility index (Phi) is 8.93. The molecule has 2 N–H and O–H groups in total. The smallest absolute Gasteiger partial charge is 0.263 e. The lowest BCUT2D eigenvalue weighted by atomic mass is 10.3. The highest BCUT2D eigenvalue weighted by Crippen LogP contribution is 2.52. The number of nitrogens with zero attached hydrogens (tertiary/aromatic N) is 4. The number of hydrogen-bond donors (Lipinski definition) is 2. The molecule has 3 rings (SSSR count). The van der Waals surface area contributed by atoms with Crippen molar-refractivity contribution in [1.29, 1.82) is 0 Å². The fourth-order valence-corrected chi connectivity index (χ4v) is 8.60. The Bertz CT molecular complexity index is 1370. The van der Waals surface area contributed by atoms with E-state index in [1.807, 2.05) is 49.7 Å². The van der Waals surface area contributed by atoms with Crippen molar-refractivity contribution in [3.8, 4) is 0 Å². The van der Waals surface area contributed by atoms with Crippen LogP contribution in [0.25, 0.3) is 0 Å². The number of rotatable bonds is 7. The molecule has 0 saturated heterocycles. The van der Waals surface area contributed by atoms with Crippen LogP contribution in [0.4, 0.5) is 11.4 Å². The van der Waals surface area contributed by atoms with Gasteiger partial charge in [0.05, 0.1) is 10.7 Å². The molecule has 0 aliphatic rings. The number of nitrogens with one attached hydrogen (secondary N) is 2. The number of hydrogen-bond acceptors (Lipinski definition) is 4. The van der Waals surface area contributed by atoms with Crippen LogP contribution in [0.1, 0.15) is 0 Å². The van der Waals surface area contributed by atoms with Gasteiger partial charge in [-0.05, 0) is 88.9 Å². The molecule has 2 aromatic carbocycles. The van der Waals surface area contributed by atoms with Crippen molar-refractivity contribution in [2.24, 2.45) is 4.74 Å². The molecule has 3 aromatic rings. The van der Waals surface area contributed by atoms with Crippen molar-refractivity contribution in [2.75, 3.05) is 38.2 Å². The van der Waals surface area contributed by atoms with E-state index < -0.39 is 17.4 Å². The number of aromatic nitrogens is 1. The van der Waals surface area contributed by atoms with Gasteiger partial charge < -0.3 is 5.32 Å². The Morgan fingerprint density at radius 1 is 0.971 bits per heavy atom. The van der Waals surface area contributed by atoms with Crippen molar-refractivity contribution in [2.45, 2.75) is 4.90 Å². The quantitative estimate of drug-likeness (QED) is 0.291. The highest BCUT2D eigenvalue weighted by atomic mass is 35.5. The van der Waals surface area contributed by atoms with Crippen molar-refractivity contribution < 1.29 is 8.42 Å². The van der Waals surface area contributed by atoms with Crippen molar-refractivity contribution >= 4 is 74.6 Å². The van der Waals surface area contributed by atoms with E-state index in [-0.39, 0.29) is 15.0 Å². The summed E-state index contributed by atoms with van der Waals surface area (Å²) in [6, 6.07) is 14.8. The molecule has 0 amide bonds. The summed E-state index contributed by atoms with van der Waals surface area (Å²) in [4.78, 5) is 4.00. The summed E-state index contributed by atoms with van der Waals surface area (Å²) in [6.07, 6.45) is 3.43. The van der Waals surface area contributed by atoms with Gasteiger partial charge >= 0.3 is 0 Å². The molecule has 0 aliphatic carbocycles. The standard InChI is InChI=1S/C22H25Cl2N6O2PS2/c1-29(2)33(30(3)4,19-10-12-25-13-11-19)27-22(34)26-17-8-9-20(24)21(15-17)35(31,32)28-18-7-5-6-16(23)14-18/h5-15,28H,1-4H3,(H,26,34). The van der Waals surface area contributed by atoms with Crippen LogP contribution in [0.15, 0.2) is 76.6 Å². The predicted molar refractivity (Wildman–Crippen MR) is 151 cm³/mol. The molecule has 0 spiro atoms. The number of benzene rings is 2. The van der Waals surface area contributed by atoms with Gasteiger partial charge in [0.1, 0.15) is 12.3 Å². The van der Waals surface area contributed by atoms with E-state index in [1.54, 1.807) is 36.7 Å². The largest absolute Gasteiger partial charge is 0.331 e. The summed E-state index contributed by atoms with van der Waals surface area (Å²) in [6.45, 7) is 0. The zero-order chi connectivity index (χ0) is 25.8. The number of thiocarbonyl (C=S) groups is 1. The maximum absolute atomic E-state index is 13.0. The molecule has 0 radical (unpaired) electrons. The van der Waals surface area contributed by atoms with E-state index in [1.165, 1.54) is 18.2 Å². The monoisotopic (exact) mass is 570 g/mol. The maximum Gasteiger partial charge on any atom is 0.263 e. The summed E-state index contributed by atoms with van der Waals surface area (Å²) < 4.78 is 37.5. The van der Waals surface area contributed by atoms with Gasteiger partial charge in [-0.1, -0.05) is 29.3 Å². The van der Waals surface area contributed by atoms with Crippen LogP contribution in [0, 0.1) is 0 Å². The van der Waals surface area contributed by atoms with Crippen LogP contribution in [-0.4, -0.2) is 56.0 Å². The van der Waals surface area contributed by atoms with Crippen molar-refractivity contribution in [3.05, 3.63) is 77.0 Å². The van der Waals surface area contributed by atoms with Crippen LogP contribution >= 0.6 is 42.8 Å². The minimum absolute atomic E-state index is 0.0631. The second kappa shape index (κ2) is 11.3. The first-order chi connectivity index (χ1) is 16.5. The number of halogens is 2. The van der Waals surface area contributed by atoms with E-state index in [0.29, 0.717) is 16.4 Å². The molecule has 1 aromatic heterocycles. The van der Waals surface area contributed by atoms with Gasteiger partial charge in [0.15, 0.2) is 5.11 Å². The molecular weight excluding hydrogens is 546 g/mol. The van der Waals surface area contributed by atoms with E-state index in [0.717, 1.165) is 5.30 Å². The molecule has 8 nitrogen and oxygen atoms in total. The van der Waals surface area contributed by atoms with E-state index in [4.69, 9.17) is 40.2 Å². The van der Waals surface area contributed by atoms with E-state index in [9.17, 15) is 8.42 Å². The third kappa shape index (κ3) is 6.40. The van der Waals surface area contributed by atoms with Gasteiger partial charge in [0, 0.05) is 28.4 Å². The SMILES string of the molecule is CN(C)P(=NC(=S)Nc1ccc(Cl)c(S(=O)(=O)Nc2cccc(Cl)c2)c1)(c1ccncc1)N(C)C. The molecule has 0 bridgehead atoms. The van der Waals surface area contributed by atoms with Crippen molar-refractivity contribution in [1.82, 2.24) is 14.3 Å². The Morgan fingerprint density at radius 2 is 1.63 bits per heavy atom. The molecule has 186 valence electrons. The average Bonchev–Trinajstić information content (AvgIpc) is 2.78. The third-order valence-electron chi connectivity index (χ3n) is 4.90. The van der Waals surface area contributed by atoms with Crippen LogP contribution in [0.5, 0.6) is 0 Å². The molecule has 0 atom stereocenters. The second-order valence-electron chi connectivity index (χ2n) is 7.76. The normalized spacial score (nSPS) is 12.0. The van der Waals surface area contributed by atoms with Crippen LogP contribution in [0.3, 0.4) is 0 Å². The highest BCUT2D eigenvalue weighted by Gasteiger charge is 2.29. The summed E-state index contributed by atoms with van der Waals surface area (Å²) in [5.41, 5.74) is 0.751. The van der Waals surface area contributed by atoms with E-state index >= 15 is 0 Å². The average molecular weight is 571 g/mol. The molecular formula is C22H25Cl2N6O2PS2. The predicted octanol–water partition coefficient (Wildman–Crippen LogP) is 5.37. The summed E-state index contributed by atoms with van der Waals surface area (Å²) in [5.74, 6) is 0. The maximum atomic E-state index is 13.0. The molecule has 13 heteroatoms. The minimum Gasteiger partial charge on any atom is -0.331 e.